The number of methoxy groups -OCH3 is 1. The number of ether oxygens (including phenoxy) is 2. The Hall–Kier alpha value is -1.44. The topological polar surface area (TPSA) is 83.4 Å². The Morgan fingerprint density at radius 2 is 2.10 bits per heavy atom. The van der Waals surface area contributed by atoms with Gasteiger partial charge in [0.1, 0.15) is 5.60 Å². The predicted molar refractivity (Wildman–Crippen MR) is 80.6 cm³/mol. The fourth-order valence-electron chi connectivity index (χ4n) is 2.44. The minimum atomic E-state index is -0.535. The lowest BCUT2D eigenvalue weighted by Crippen LogP contribution is -2.36. The van der Waals surface area contributed by atoms with E-state index in [1.165, 1.54) is 0 Å². The van der Waals surface area contributed by atoms with E-state index in [-0.39, 0.29) is 0 Å². The van der Waals surface area contributed by atoms with E-state index in [1.54, 1.807) is 19.2 Å². The molecule has 1 saturated heterocycles. The first-order chi connectivity index (χ1) is 10.1. The summed E-state index contributed by atoms with van der Waals surface area (Å²) in [7, 11) is 1.66. The van der Waals surface area contributed by atoms with E-state index < -0.39 is 5.60 Å². The second kappa shape index (κ2) is 5.75. The molecule has 7 heteroatoms. The van der Waals surface area contributed by atoms with Gasteiger partial charge in [-0.3, -0.25) is 0 Å². The number of nitrogens with zero attached hydrogens (tertiary/aromatic N) is 2. The van der Waals surface area contributed by atoms with Crippen molar-refractivity contribution in [3.05, 3.63) is 28.5 Å². The van der Waals surface area contributed by atoms with E-state index in [4.69, 9.17) is 19.7 Å². The molecule has 3 rings (SSSR count). The zero-order valence-corrected chi connectivity index (χ0v) is 13.2. The summed E-state index contributed by atoms with van der Waals surface area (Å²) in [5.74, 6) is 0.977. The molecule has 0 bridgehead atoms. The van der Waals surface area contributed by atoms with Gasteiger partial charge >= 0.3 is 0 Å². The molecular weight excluding hydrogens is 338 g/mol. The molecule has 1 aliphatic heterocycles. The number of nitrogens with two attached hydrogens (primary N) is 1. The van der Waals surface area contributed by atoms with Crippen LogP contribution in [0.25, 0.3) is 11.5 Å². The Bertz CT molecular complexity index is 638. The molecule has 0 aliphatic carbocycles. The zero-order valence-electron chi connectivity index (χ0n) is 11.6. The third-order valence-electron chi connectivity index (χ3n) is 3.75. The van der Waals surface area contributed by atoms with Crippen molar-refractivity contribution in [3.8, 4) is 11.5 Å². The molecule has 1 aromatic carbocycles. The zero-order chi connectivity index (χ0) is 14.9. The minimum Gasteiger partial charge on any atom is -0.399 e. The summed E-state index contributed by atoms with van der Waals surface area (Å²) >= 11 is 3.47. The van der Waals surface area contributed by atoms with Crippen LogP contribution in [-0.2, 0) is 15.1 Å². The smallest absolute Gasteiger partial charge is 0.259 e. The summed E-state index contributed by atoms with van der Waals surface area (Å²) < 4.78 is 17.3. The molecule has 1 aromatic heterocycles. The van der Waals surface area contributed by atoms with Crippen LogP contribution in [0.5, 0.6) is 0 Å². The molecular formula is C14H16BrN3O3. The summed E-state index contributed by atoms with van der Waals surface area (Å²) in [6.07, 6.45) is 1.42. The van der Waals surface area contributed by atoms with Crippen LogP contribution in [0.4, 0.5) is 5.69 Å². The van der Waals surface area contributed by atoms with Crippen LogP contribution >= 0.6 is 15.9 Å². The van der Waals surface area contributed by atoms with Crippen molar-refractivity contribution in [2.24, 2.45) is 0 Å². The van der Waals surface area contributed by atoms with Crippen LogP contribution in [0, 0.1) is 0 Å². The third kappa shape index (κ3) is 2.68. The van der Waals surface area contributed by atoms with Crippen LogP contribution in [0.2, 0.25) is 0 Å². The van der Waals surface area contributed by atoms with Gasteiger partial charge in [-0.1, -0.05) is 5.16 Å². The second-order valence-corrected chi connectivity index (χ2v) is 5.83. The molecule has 1 fully saturated rings. The van der Waals surface area contributed by atoms with Crippen LogP contribution in [-0.4, -0.2) is 30.5 Å². The number of anilines is 1. The number of benzene rings is 1. The highest BCUT2D eigenvalue weighted by atomic mass is 79.9. The Kier molecular flexibility index (Phi) is 3.97. The highest BCUT2D eigenvalue weighted by molar-refractivity contribution is 9.10. The quantitative estimate of drug-likeness (QED) is 0.854. The molecule has 0 amide bonds. The maximum absolute atomic E-state index is 5.81. The summed E-state index contributed by atoms with van der Waals surface area (Å²) in [5, 5.41) is 4.10. The first-order valence-corrected chi connectivity index (χ1v) is 7.46. The summed E-state index contributed by atoms with van der Waals surface area (Å²) in [6.45, 7) is 1.25. The molecule has 6 nitrogen and oxygen atoms in total. The van der Waals surface area contributed by atoms with Crippen molar-refractivity contribution in [2.75, 3.05) is 26.1 Å². The average molecular weight is 354 g/mol. The van der Waals surface area contributed by atoms with Gasteiger partial charge in [0.25, 0.3) is 5.89 Å². The van der Waals surface area contributed by atoms with Gasteiger partial charge in [-0.2, -0.15) is 4.98 Å². The summed E-state index contributed by atoms with van der Waals surface area (Å²) in [6, 6.07) is 5.46. The summed E-state index contributed by atoms with van der Waals surface area (Å²) in [5.41, 5.74) is 6.69. The predicted octanol–water partition coefficient (Wildman–Crippen LogP) is 2.73. The molecule has 21 heavy (non-hydrogen) atoms. The fraction of sp³-hybridized carbons (Fsp3) is 0.429. The van der Waals surface area contributed by atoms with Gasteiger partial charge in [0.05, 0.1) is 5.56 Å². The highest BCUT2D eigenvalue weighted by Crippen LogP contribution is 2.36. The molecule has 2 N–H and O–H groups in total. The van der Waals surface area contributed by atoms with E-state index in [1.807, 2.05) is 6.07 Å². The Morgan fingerprint density at radius 1 is 1.33 bits per heavy atom. The maximum atomic E-state index is 5.81. The molecule has 0 radical (unpaired) electrons. The van der Waals surface area contributed by atoms with Gasteiger partial charge in [-0.05, 0) is 34.1 Å². The molecule has 2 heterocycles. The van der Waals surface area contributed by atoms with Crippen LogP contribution in [0.3, 0.4) is 0 Å². The van der Waals surface area contributed by atoms with E-state index >= 15 is 0 Å². The monoisotopic (exact) mass is 353 g/mol. The van der Waals surface area contributed by atoms with Gasteiger partial charge in [-0.15, -0.1) is 0 Å². The molecule has 0 unspecified atom stereocenters. The van der Waals surface area contributed by atoms with Crippen LogP contribution in [0.15, 0.2) is 27.2 Å². The molecule has 1 aliphatic rings. The number of nitrogen functional groups attached to an aromatic ring is 1. The van der Waals surface area contributed by atoms with Crippen molar-refractivity contribution >= 4 is 21.6 Å². The molecule has 0 atom stereocenters. The lowest BCUT2D eigenvalue weighted by molar-refractivity contribution is -0.101. The van der Waals surface area contributed by atoms with Crippen molar-refractivity contribution < 1.29 is 14.0 Å². The number of rotatable bonds is 3. The fourth-order valence-corrected chi connectivity index (χ4v) is 2.86. The standard InChI is InChI=1S/C14H16BrN3O3/c1-19-14(4-6-20-7-5-14)13-17-12(21-18-13)10-8-9(16)2-3-11(10)15/h2-3,8H,4-7,16H2,1H3. The van der Waals surface area contributed by atoms with Gasteiger partial charge in [0.15, 0.2) is 0 Å². The Labute approximate surface area is 130 Å². The number of aromatic nitrogens is 2. The lowest BCUT2D eigenvalue weighted by atomic mass is 9.93. The van der Waals surface area contributed by atoms with E-state index in [9.17, 15) is 0 Å². The number of hydrogen-bond acceptors (Lipinski definition) is 6. The van der Waals surface area contributed by atoms with E-state index in [0.29, 0.717) is 43.5 Å². The van der Waals surface area contributed by atoms with Gasteiger partial charge in [-0.25, -0.2) is 0 Å². The molecule has 112 valence electrons. The molecule has 2 aromatic rings. The second-order valence-electron chi connectivity index (χ2n) is 4.97. The molecule has 0 spiro atoms. The third-order valence-corrected chi connectivity index (χ3v) is 4.44. The average Bonchev–Trinajstić information content (AvgIpc) is 3.00. The number of halogens is 1. The SMILES string of the molecule is COC1(c2noc(-c3cc(N)ccc3Br)n2)CCOCC1. The largest absolute Gasteiger partial charge is 0.399 e. The lowest BCUT2D eigenvalue weighted by Gasteiger charge is -2.32. The Balaban J connectivity index is 1.97. The maximum Gasteiger partial charge on any atom is 0.259 e. The summed E-state index contributed by atoms with van der Waals surface area (Å²) in [4.78, 5) is 4.51. The first-order valence-electron chi connectivity index (χ1n) is 6.67. The van der Waals surface area contributed by atoms with Gasteiger partial charge in [0, 0.05) is 43.3 Å². The molecule has 0 saturated carbocycles. The van der Waals surface area contributed by atoms with Crippen LogP contribution in [0.1, 0.15) is 18.7 Å². The highest BCUT2D eigenvalue weighted by Gasteiger charge is 2.39. The minimum absolute atomic E-state index is 0.423. The first kappa shape index (κ1) is 14.5. The van der Waals surface area contributed by atoms with E-state index in [0.717, 1.165) is 10.0 Å². The van der Waals surface area contributed by atoms with Crippen molar-refractivity contribution in [1.82, 2.24) is 10.1 Å². The van der Waals surface area contributed by atoms with Crippen LogP contribution < -0.4 is 5.73 Å². The van der Waals surface area contributed by atoms with Gasteiger partial charge in [0.2, 0.25) is 5.82 Å². The van der Waals surface area contributed by atoms with Crippen molar-refractivity contribution in [3.63, 3.8) is 0 Å². The number of hydrogen-bond donors (Lipinski definition) is 1. The van der Waals surface area contributed by atoms with E-state index in [2.05, 4.69) is 26.1 Å². The van der Waals surface area contributed by atoms with Gasteiger partial charge < -0.3 is 19.7 Å². The normalized spacial score (nSPS) is 17.8. The van der Waals surface area contributed by atoms with Crippen molar-refractivity contribution in [1.29, 1.82) is 0 Å². The Morgan fingerprint density at radius 3 is 2.81 bits per heavy atom. The van der Waals surface area contributed by atoms with Crippen molar-refractivity contribution in [2.45, 2.75) is 18.4 Å².